The van der Waals surface area contributed by atoms with Gasteiger partial charge in [0, 0.05) is 51.7 Å². The van der Waals surface area contributed by atoms with Crippen LogP contribution in [0, 0.1) is 0 Å². The number of amides is 2. The summed E-state index contributed by atoms with van der Waals surface area (Å²) in [6, 6.07) is 9.35. The molecule has 0 saturated carbocycles. The van der Waals surface area contributed by atoms with Crippen LogP contribution in [-0.4, -0.2) is 45.7 Å². The number of likely N-dealkylation sites (tertiary alicyclic amines) is 1. The molecule has 0 radical (unpaired) electrons. The third-order valence-corrected chi connectivity index (χ3v) is 5.68. The molecule has 1 aromatic heterocycles. The standard InChI is InChI=1S/C20H24N4O3/c1-23-12-10-20(9-7-18(23)25)13-15(14-5-3-4-6-17(14)27-20)22-19(26)16-8-11-21-24(16)2/h3-6,8,11,15H,7,9-10,12-13H2,1-2H3,(H,22,26)/t15-,20+/m1/s1. The monoisotopic (exact) mass is 368 g/mol. The highest BCUT2D eigenvalue weighted by Crippen LogP contribution is 2.44. The molecule has 2 aromatic rings. The number of nitrogens with zero attached hydrogens (tertiary/aromatic N) is 3. The van der Waals surface area contributed by atoms with Crippen LogP contribution >= 0.6 is 0 Å². The minimum atomic E-state index is -0.445. The third kappa shape index (κ3) is 3.29. The van der Waals surface area contributed by atoms with Crippen molar-refractivity contribution in [1.82, 2.24) is 20.0 Å². The van der Waals surface area contributed by atoms with E-state index in [2.05, 4.69) is 10.4 Å². The van der Waals surface area contributed by atoms with Crippen molar-refractivity contribution in [1.29, 1.82) is 0 Å². The number of ether oxygens (including phenoxy) is 1. The Morgan fingerprint density at radius 2 is 2.07 bits per heavy atom. The van der Waals surface area contributed by atoms with Crippen LogP contribution in [0.3, 0.4) is 0 Å². The van der Waals surface area contributed by atoms with E-state index in [1.165, 1.54) is 0 Å². The van der Waals surface area contributed by atoms with Gasteiger partial charge in [0.1, 0.15) is 17.0 Å². The first-order valence-electron chi connectivity index (χ1n) is 9.28. The van der Waals surface area contributed by atoms with E-state index in [-0.39, 0.29) is 17.9 Å². The van der Waals surface area contributed by atoms with Crippen LogP contribution in [0.25, 0.3) is 0 Å². The van der Waals surface area contributed by atoms with Crippen molar-refractivity contribution < 1.29 is 14.3 Å². The molecule has 2 aliphatic rings. The third-order valence-electron chi connectivity index (χ3n) is 5.68. The number of carbonyl (C=O) groups is 2. The molecule has 1 aromatic carbocycles. The highest BCUT2D eigenvalue weighted by molar-refractivity contribution is 5.92. The van der Waals surface area contributed by atoms with Crippen LogP contribution in [0.2, 0.25) is 0 Å². The fourth-order valence-corrected chi connectivity index (χ4v) is 4.03. The first-order valence-corrected chi connectivity index (χ1v) is 9.28. The lowest BCUT2D eigenvalue weighted by Crippen LogP contribution is -2.46. The molecule has 7 heteroatoms. The van der Waals surface area contributed by atoms with Crippen molar-refractivity contribution in [3.8, 4) is 5.75 Å². The number of hydrogen-bond donors (Lipinski definition) is 1. The van der Waals surface area contributed by atoms with Crippen molar-refractivity contribution in [3.63, 3.8) is 0 Å². The Morgan fingerprint density at radius 3 is 2.85 bits per heavy atom. The van der Waals surface area contributed by atoms with E-state index in [4.69, 9.17) is 4.74 Å². The zero-order valence-corrected chi connectivity index (χ0v) is 15.6. The maximum atomic E-state index is 12.8. The number of nitrogens with one attached hydrogen (secondary N) is 1. The van der Waals surface area contributed by atoms with Crippen LogP contribution in [0.15, 0.2) is 36.5 Å². The normalized spacial score (nSPS) is 24.9. The number of aromatic nitrogens is 2. The summed E-state index contributed by atoms with van der Waals surface area (Å²) in [5.41, 5.74) is 1.05. The van der Waals surface area contributed by atoms with Crippen molar-refractivity contribution in [2.45, 2.75) is 37.3 Å². The predicted octanol–water partition coefficient (Wildman–Crippen LogP) is 2.05. The fraction of sp³-hybridized carbons (Fsp3) is 0.450. The molecular weight excluding hydrogens is 344 g/mol. The number of rotatable bonds is 2. The van der Waals surface area contributed by atoms with E-state index in [1.54, 1.807) is 28.9 Å². The van der Waals surface area contributed by atoms with Crippen molar-refractivity contribution in [2.24, 2.45) is 7.05 Å². The largest absolute Gasteiger partial charge is 0.487 e. The highest BCUT2D eigenvalue weighted by atomic mass is 16.5. The Morgan fingerprint density at radius 1 is 1.26 bits per heavy atom. The molecule has 4 rings (SSSR count). The molecule has 1 N–H and O–H groups in total. The van der Waals surface area contributed by atoms with E-state index >= 15 is 0 Å². The molecule has 7 nitrogen and oxygen atoms in total. The molecule has 27 heavy (non-hydrogen) atoms. The summed E-state index contributed by atoms with van der Waals surface area (Å²) in [5.74, 6) is 0.773. The number of hydrogen-bond acceptors (Lipinski definition) is 4. The van der Waals surface area contributed by atoms with Gasteiger partial charge in [0.05, 0.1) is 6.04 Å². The molecule has 1 saturated heterocycles. The first-order chi connectivity index (χ1) is 13.0. The highest BCUT2D eigenvalue weighted by Gasteiger charge is 2.43. The summed E-state index contributed by atoms with van der Waals surface area (Å²) in [4.78, 5) is 26.7. The lowest BCUT2D eigenvalue weighted by Gasteiger charge is -2.42. The van der Waals surface area contributed by atoms with Gasteiger partial charge in [-0.25, -0.2) is 0 Å². The van der Waals surface area contributed by atoms with Crippen LogP contribution in [0.4, 0.5) is 0 Å². The number of para-hydroxylation sites is 1. The Labute approximate surface area is 158 Å². The molecule has 142 valence electrons. The van der Waals surface area contributed by atoms with E-state index in [0.29, 0.717) is 31.5 Å². The van der Waals surface area contributed by atoms with Gasteiger partial charge >= 0.3 is 0 Å². The molecule has 2 aliphatic heterocycles. The van der Waals surface area contributed by atoms with Gasteiger partial charge in [0.2, 0.25) is 5.91 Å². The second-order valence-electron chi connectivity index (χ2n) is 7.46. The lowest BCUT2D eigenvalue weighted by molar-refractivity contribution is -0.129. The first kappa shape index (κ1) is 17.6. The van der Waals surface area contributed by atoms with E-state index < -0.39 is 5.60 Å². The Bertz CT molecular complexity index is 878. The number of benzene rings is 1. The van der Waals surface area contributed by atoms with Crippen LogP contribution in [-0.2, 0) is 11.8 Å². The SMILES string of the molecule is CN1CC[C@@]2(CCC1=O)C[C@@H](NC(=O)c1ccnn1C)c1ccccc1O2. The minimum Gasteiger partial charge on any atom is -0.487 e. The molecule has 3 heterocycles. The van der Waals surface area contributed by atoms with Crippen molar-refractivity contribution in [3.05, 3.63) is 47.8 Å². The Kier molecular flexibility index (Phi) is 4.37. The second kappa shape index (κ2) is 6.72. The molecule has 0 bridgehead atoms. The summed E-state index contributed by atoms with van der Waals surface area (Å²) in [5, 5.41) is 7.23. The van der Waals surface area contributed by atoms with Gasteiger partial charge in [-0.15, -0.1) is 0 Å². The van der Waals surface area contributed by atoms with E-state index in [1.807, 2.05) is 31.3 Å². The topological polar surface area (TPSA) is 76.5 Å². The maximum absolute atomic E-state index is 12.8. The average Bonchev–Trinajstić information content (AvgIpc) is 3.05. The van der Waals surface area contributed by atoms with Crippen LogP contribution in [0.5, 0.6) is 5.75 Å². The van der Waals surface area contributed by atoms with Crippen LogP contribution in [0.1, 0.15) is 47.8 Å². The van der Waals surface area contributed by atoms with E-state index in [0.717, 1.165) is 17.7 Å². The number of fused-ring (bicyclic) bond motifs is 1. The summed E-state index contributed by atoms with van der Waals surface area (Å²) in [7, 11) is 3.58. The zero-order valence-electron chi connectivity index (χ0n) is 15.6. The number of carbonyl (C=O) groups excluding carboxylic acids is 2. The lowest BCUT2D eigenvalue weighted by atomic mass is 9.82. The summed E-state index contributed by atoms with van der Waals surface area (Å²) in [6.45, 7) is 0.656. The second-order valence-corrected chi connectivity index (χ2v) is 7.46. The van der Waals surface area contributed by atoms with E-state index in [9.17, 15) is 9.59 Å². The summed E-state index contributed by atoms with van der Waals surface area (Å²) >= 11 is 0. The van der Waals surface area contributed by atoms with Gasteiger partial charge in [0.25, 0.3) is 5.91 Å². The van der Waals surface area contributed by atoms with Gasteiger partial charge in [0.15, 0.2) is 0 Å². The quantitative estimate of drug-likeness (QED) is 0.880. The van der Waals surface area contributed by atoms with Crippen molar-refractivity contribution >= 4 is 11.8 Å². The Hall–Kier alpha value is -2.83. The molecule has 0 aliphatic carbocycles. The molecule has 0 unspecified atom stereocenters. The summed E-state index contributed by atoms with van der Waals surface area (Å²) < 4.78 is 7.98. The fourth-order valence-electron chi connectivity index (χ4n) is 4.03. The molecule has 2 amide bonds. The number of aryl methyl sites for hydroxylation is 1. The summed E-state index contributed by atoms with van der Waals surface area (Å²) in [6.07, 6.45) is 4.13. The van der Waals surface area contributed by atoms with Crippen molar-refractivity contribution in [2.75, 3.05) is 13.6 Å². The maximum Gasteiger partial charge on any atom is 0.270 e. The molecule has 1 spiro atoms. The van der Waals surface area contributed by atoms with Gasteiger partial charge in [-0.2, -0.15) is 5.10 Å². The van der Waals surface area contributed by atoms with Gasteiger partial charge in [-0.3, -0.25) is 14.3 Å². The molecule has 2 atom stereocenters. The van der Waals surface area contributed by atoms with Gasteiger partial charge in [-0.1, -0.05) is 18.2 Å². The average molecular weight is 368 g/mol. The Balaban J connectivity index is 1.63. The smallest absolute Gasteiger partial charge is 0.270 e. The zero-order chi connectivity index (χ0) is 19.0. The van der Waals surface area contributed by atoms with Gasteiger partial charge < -0.3 is 15.0 Å². The minimum absolute atomic E-state index is 0.143. The predicted molar refractivity (Wildman–Crippen MR) is 99.3 cm³/mol. The molecular formula is C20H24N4O3. The van der Waals surface area contributed by atoms with Crippen LogP contribution < -0.4 is 10.1 Å². The molecule has 1 fully saturated rings. The van der Waals surface area contributed by atoms with Gasteiger partial charge in [-0.05, 0) is 18.6 Å².